The van der Waals surface area contributed by atoms with Crippen LogP contribution in [0.4, 0.5) is 5.82 Å². The van der Waals surface area contributed by atoms with Gasteiger partial charge in [0.2, 0.25) is 5.91 Å². The van der Waals surface area contributed by atoms with Gasteiger partial charge < -0.3 is 20.4 Å². The van der Waals surface area contributed by atoms with Gasteiger partial charge >= 0.3 is 0 Å². The van der Waals surface area contributed by atoms with Gasteiger partial charge in [0, 0.05) is 56.9 Å². The summed E-state index contributed by atoms with van der Waals surface area (Å²) in [5, 5.41) is 6.42. The highest BCUT2D eigenvalue weighted by molar-refractivity contribution is 5.86. The molecular weight excluding hydrogens is 397 g/mol. The molecule has 2 N–H and O–H groups in total. The van der Waals surface area contributed by atoms with E-state index in [4.69, 9.17) is 0 Å². The second-order valence-corrected chi connectivity index (χ2v) is 6.55. The van der Waals surface area contributed by atoms with Crippen LogP contribution in [0.15, 0.2) is 18.3 Å². The molecule has 3 heterocycles. The number of amides is 1. The number of piperazine rings is 1. The van der Waals surface area contributed by atoms with E-state index in [9.17, 15) is 4.79 Å². The first-order chi connectivity index (χ1) is 11.2. The van der Waals surface area contributed by atoms with E-state index in [-0.39, 0.29) is 43.1 Å². The lowest BCUT2D eigenvalue weighted by molar-refractivity contribution is -0.121. The minimum atomic E-state index is 0. The molecule has 6 nitrogen and oxygen atoms in total. The standard InChI is InChI=1S/C17H27N5O.3ClH/c1-21-8-10-22(11-9-21)17-14(4-2-7-19-17)13-20-16(23)12-15-5-3-6-18-15;;;/h2,4,7,15,18H,3,5-6,8-13H2,1H3,(H,20,23);3*1H. The van der Waals surface area contributed by atoms with Crippen molar-refractivity contribution in [3.05, 3.63) is 23.9 Å². The quantitative estimate of drug-likeness (QED) is 0.752. The lowest BCUT2D eigenvalue weighted by atomic mass is 10.1. The SMILES string of the molecule is CN1CCN(c2ncccc2CNC(=O)CC2CCCN2)CC1.Cl.Cl.Cl. The smallest absolute Gasteiger partial charge is 0.221 e. The zero-order chi connectivity index (χ0) is 16.1. The van der Waals surface area contributed by atoms with E-state index >= 15 is 0 Å². The number of anilines is 1. The molecule has 1 atom stereocenters. The number of rotatable bonds is 5. The van der Waals surface area contributed by atoms with Crippen molar-refractivity contribution in [3.63, 3.8) is 0 Å². The van der Waals surface area contributed by atoms with Gasteiger partial charge in [-0.25, -0.2) is 4.98 Å². The van der Waals surface area contributed by atoms with Crippen LogP contribution in [0.25, 0.3) is 0 Å². The molecule has 2 saturated heterocycles. The van der Waals surface area contributed by atoms with E-state index in [1.165, 1.54) is 6.42 Å². The fourth-order valence-corrected chi connectivity index (χ4v) is 3.29. The Morgan fingerprint density at radius 1 is 1.27 bits per heavy atom. The Morgan fingerprint density at radius 3 is 2.65 bits per heavy atom. The number of carbonyl (C=O) groups excluding carboxylic acids is 1. The largest absolute Gasteiger partial charge is 0.354 e. The Morgan fingerprint density at radius 2 is 2.00 bits per heavy atom. The molecule has 26 heavy (non-hydrogen) atoms. The third kappa shape index (κ3) is 7.08. The van der Waals surface area contributed by atoms with Crippen LogP contribution >= 0.6 is 37.2 Å². The molecular formula is C17H30Cl3N5O. The van der Waals surface area contributed by atoms with Crippen molar-refractivity contribution < 1.29 is 4.79 Å². The van der Waals surface area contributed by atoms with Crippen molar-refractivity contribution in [3.8, 4) is 0 Å². The second-order valence-electron chi connectivity index (χ2n) is 6.55. The maximum absolute atomic E-state index is 12.1. The number of nitrogens with zero attached hydrogens (tertiary/aromatic N) is 3. The highest BCUT2D eigenvalue weighted by Gasteiger charge is 2.20. The molecule has 1 aromatic heterocycles. The van der Waals surface area contributed by atoms with Gasteiger partial charge in [0.15, 0.2) is 0 Å². The monoisotopic (exact) mass is 425 g/mol. The molecule has 150 valence electrons. The van der Waals surface area contributed by atoms with Crippen molar-refractivity contribution in [2.75, 3.05) is 44.7 Å². The van der Waals surface area contributed by atoms with Gasteiger partial charge in [-0.3, -0.25) is 4.79 Å². The van der Waals surface area contributed by atoms with Crippen molar-refractivity contribution >= 4 is 48.9 Å². The van der Waals surface area contributed by atoms with Crippen LogP contribution in [-0.4, -0.2) is 61.6 Å². The first-order valence-electron chi connectivity index (χ1n) is 8.60. The van der Waals surface area contributed by atoms with Gasteiger partial charge in [-0.2, -0.15) is 0 Å². The maximum atomic E-state index is 12.1. The Labute approximate surface area is 174 Å². The fourth-order valence-electron chi connectivity index (χ4n) is 3.29. The third-order valence-electron chi connectivity index (χ3n) is 4.74. The van der Waals surface area contributed by atoms with Crippen LogP contribution in [0.5, 0.6) is 0 Å². The summed E-state index contributed by atoms with van der Waals surface area (Å²) in [6.45, 7) is 5.67. The van der Waals surface area contributed by atoms with Gasteiger partial charge in [-0.05, 0) is 32.5 Å². The van der Waals surface area contributed by atoms with Crippen molar-refractivity contribution in [1.29, 1.82) is 0 Å². The normalized spacial score (nSPS) is 19.7. The van der Waals surface area contributed by atoms with E-state index in [0.29, 0.717) is 19.0 Å². The predicted octanol–water partition coefficient (Wildman–Crippen LogP) is 1.86. The van der Waals surface area contributed by atoms with E-state index < -0.39 is 0 Å². The van der Waals surface area contributed by atoms with Gasteiger partial charge in [-0.15, -0.1) is 37.2 Å². The summed E-state index contributed by atoms with van der Waals surface area (Å²) in [6.07, 6.45) is 4.69. The van der Waals surface area contributed by atoms with Crippen molar-refractivity contribution in [1.82, 2.24) is 20.5 Å². The Balaban J connectivity index is 0.00000208. The zero-order valence-electron chi connectivity index (χ0n) is 15.1. The molecule has 1 unspecified atom stereocenters. The van der Waals surface area contributed by atoms with Crippen LogP contribution in [0, 0.1) is 0 Å². The van der Waals surface area contributed by atoms with E-state index in [2.05, 4.69) is 38.5 Å². The van der Waals surface area contributed by atoms with E-state index in [1.807, 2.05) is 12.3 Å². The summed E-state index contributed by atoms with van der Waals surface area (Å²) in [7, 11) is 2.15. The number of nitrogens with one attached hydrogen (secondary N) is 2. The summed E-state index contributed by atoms with van der Waals surface area (Å²) >= 11 is 0. The minimum absolute atomic E-state index is 0. The molecule has 3 rings (SSSR count). The van der Waals surface area contributed by atoms with Crippen LogP contribution in [0.2, 0.25) is 0 Å². The molecule has 0 radical (unpaired) electrons. The van der Waals surface area contributed by atoms with Gasteiger partial charge in [0.05, 0.1) is 0 Å². The zero-order valence-corrected chi connectivity index (χ0v) is 17.6. The lowest BCUT2D eigenvalue weighted by Gasteiger charge is -2.34. The molecule has 1 aromatic rings. The number of hydrogen-bond donors (Lipinski definition) is 2. The molecule has 1 amide bonds. The van der Waals surface area contributed by atoms with Crippen LogP contribution in [-0.2, 0) is 11.3 Å². The number of carbonyl (C=O) groups is 1. The highest BCUT2D eigenvalue weighted by atomic mass is 35.5. The predicted molar refractivity (Wildman–Crippen MR) is 113 cm³/mol. The average molecular weight is 427 g/mol. The summed E-state index contributed by atoms with van der Waals surface area (Å²) in [5.41, 5.74) is 1.10. The maximum Gasteiger partial charge on any atom is 0.221 e. The molecule has 0 aliphatic carbocycles. The molecule has 2 fully saturated rings. The number of aromatic nitrogens is 1. The molecule has 2 aliphatic heterocycles. The summed E-state index contributed by atoms with van der Waals surface area (Å²) in [6, 6.07) is 4.36. The van der Waals surface area contributed by atoms with E-state index in [0.717, 1.165) is 50.5 Å². The summed E-state index contributed by atoms with van der Waals surface area (Å²) in [4.78, 5) is 21.3. The minimum Gasteiger partial charge on any atom is -0.354 e. The molecule has 0 saturated carbocycles. The molecule has 0 spiro atoms. The highest BCUT2D eigenvalue weighted by Crippen LogP contribution is 2.18. The first-order valence-corrected chi connectivity index (χ1v) is 8.60. The lowest BCUT2D eigenvalue weighted by Crippen LogP contribution is -2.45. The van der Waals surface area contributed by atoms with Crippen LogP contribution in [0.1, 0.15) is 24.8 Å². The van der Waals surface area contributed by atoms with Crippen LogP contribution < -0.4 is 15.5 Å². The third-order valence-corrected chi connectivity index (χ3v) is 4.74. The summed E-state index contributed by atoms with van der Waals surface area (Å²) < 4.78 is 0. The number of likely N-dealkylation sites (N-methyl/N-ethyl adjacent to an activating group) is 1. The number of pyridine rings is 1. The van der Waals surface area contributed by atoms with E-state index in [1.54, 1.807) is 0 Å². The molecule has 0 aromatic carbocycles. The Hall–Kier alpha value is -0.790. The molecule has 2 aliphatic rings. The van der Waals surface area contributed by atoms with Crippen LogP contribution in [0.3, 0.4) is 0 Å². The fraction of sp³-hybridized carbons (Fsp3) is 0.647. The molecule has 9 heteroatoms. The van der Waals surface area contributed by atoms with Gasteiger partial charge in [-0.1, -0.05) is 6.07 Å². The topological polar surface area (TPSA) is 60.5 Å². The Kier molecular flexibility index (Phi) is 12.2. The average Bonchev–Trinajstić information content (AvgIpc) is 3.07. The number of hydrogen-bond acceptors (Lipinski definition) is 5. The van der Waals surface area contributed by atoms with Gasteiger partial charge in [0.1, 0.15) is 5.82 Å². The number of halogens is 3. The van der Waals surface area contributed by atoms with Gasteiger partial charge in [0.25, 0.3) is 0 Å². The summed E-state index contributed by atoms with van der Waals surface area (Å²) in [5.74, 6) is 1.14. The van der Waals surface area contributed by atoms with Crippen molar-refractivity contribution in [2.45, 2.75) is 31.8 Å². The molecule has 0 bridgehead atoms. The van der Waals surface area contributed by atoms with Crippen molar-refractivity contribution in [2.24, 2.45) is 0 Å². The Bertz CT molecular complexity index is 535. The second kappa shape index (κ2) is 12.6. The first kappa shape index (κ1) is 25.2.